The Labute approximate surface area is 316 Å². The van der Waals surface area contributed by atoms with Crippen molar-refractivity contribution in [3.8, 4) is 22.0 Å². The number of rotatable bonds is 9. The van der Waals surface area contributed by atoms with E-state index in [0.717, 1.165) is 57.8 Å². The third kappa shape index (κ3) is 5.79. The molecule has 3 fully saturated rings. The van der Waals surface area contributed by atoms with Gasteiger partial charge in [-0.05, 0) is 73.3 Å². The normalized spacial score (nSPS) is 19.7. The van der Waals surface area contributed by atoms with Gasteiger partial charge in [0, 0.05) is 23.2 Å². The minimum Gasteiger partial charge on any atom is -0.481 e. The van der Waals surface area contributed by atoms with Gasteiger partial charge >= 0.3 is 5.97 Å². The van der Waals surface area contributed by atoms with Crippen molar-refractivity contribution in [2.45, 2.75) is 44.2 Å². The summed E-state index contributed by atoms with van der Waals surface area (Å²) in [5, 5.41) is 14.3. The van der Waals surface area contributed by atoms with E-state index < -0.39 is 17.4 Å². The third-order valence-electron chi connectivity index (χ3n) is 11.2. The number of fused-ring (bicyclic) bond motifs is 4. The van der Waals surface area contributed by atoms with Crippen LogP contribution in [-0.2, 0) is 10.3 Å². The molecule has 3 aliphatic rings. The number of carboxylic acid groups (broad SMARTS) is 1. The molecular weight excluding hydrogens is 700 g/mol. The fraction of sp³-hybridized carbons (Fsp3) is 0.233. The number of halogens is 1. The lowest BCUT2D eigenvalue weighted by atomic mass is 9.61. The number of nitrogens with zero attached hydrogens (tertiary/aromatic N) is 5. The second kappa shape index (κ2) is 13.5. The molecule has 10 heteroatoms. The monoisotopic (exact) mass is 736 g/mol. The number of carbonyl (C=O) groups is 1. The highest BCUT2D eigenvalue weighted by Crippen LogP contribution is 2.48. The van der Waals surface area contributed by atoms with E-state index in [1.807, 2.05) is 24.3 Å². The lowest BCUT2D eigenvalue weighted by molar-refractivity contribution is -0.148. The maximum atomic E-state index is 12.6. The zero-order chi connectivity index (χ0) is 36.1. The maximum absolute atomic E-state index is 12.6. The Morgan fingerprint density at radius 1 is 0.830 bits per heavy atom. The molecular formula is C43H37ClN6O2S. The van der Waals surface area contributed by atoms with Crippen molar-refractivity contribution in [2.24, 2.45) is 17.8 Å². The van der Waals surface area contributed by atoms with Gasteiger partial charge in [0.15, 0.2) is 11.5 Å². The summed E-state index contributed by atoms with van der Waals surface area (Å²) in [5.41, 5.74) is 4.84. The van der Waals surface area contributed by atoms with Crippen LogP contribution in [0.15, 0.2) is 122 Å². The second-order valence-electron chi connectivity index (χ2n) is 14.2. The predicted molar refractivity (Wildman–Crippen MR) is 210 cm³/mol. The third-order valence-corrected chi connectivity index (χ3v) is 12.4. The number of hydrogen-bond acceptors (Lipinski definition) is 7. The standard InChI is InChI=1S/C43H37ClN6O2S/c1-26-17-22-34(53-26)33-23-36(48-38-28-20-18-27(19-21-28)37(38)42(51)52)49-40(46-33)32-25-50(41-39(32)47-35(44)24-45-41)43(29-11-5-2-6-12-29,30-13-7-3-8-14-30)31-15-9-4-10-16-31/h2-17,22-25,27-28,37-38H,18-21H2,1H3,(H,51,52)(H,46,48,49). The van der Waals surface area contributed by atoms with Gasteiger partial charge in [0.25, 0.3) is 0 Å². The Morgan fingerprint density at radius 3 is 2.00 bits per heavy atom. The molecule has 264 valence electrons. The van der Waals surface area contributed by atoms with Crippen molar-refractivity contribution in [3.63, 3.8) is 0 Å². The first-order valence-corrected chi connectivity index (χ1v) is 19.3. The molecule has 2 bridgehead atoms. The van der Waals surface area contributed by atoms with Gasteiger partial charge in [-0.25, -0.2) is 19.9 Å². The molecule has 4 heterocycles. The highest BCUT2D eigenvalue weighted by molar-refractivity contribution is 7.15. The lowest BCUT2D eigenvalue weighted by Crippen LogP contribution is -2.51. The second-order valence-corrected chi connectivity index (χ2v) is 15.8. The largest absolute Gasteiger partial charge is 0.481 e. The van der Waals surface area contributed by atoms with Gasteiger partial charge < -0.3 is 15.0 Å². The van der Waals surface area contributed by atoms with Gasteiger partial charge in [-0.3, -0.25) is 4.79 Å². The summed E-state index contributed by atoms with van der Waals surface area (Å²) in [6.07, 6.45) is 7.59. The topological polar surface area (TPSA) is 106 Å². The molecule has 3 aliphatic carbocycles. The number of benzene rings is 3. The molecule has 3 aromatic carbocycles. The van der Waals surface area contributed by atoms with Gasteiger partial charge in [-0.15, -0.1) is 11.3 Å². The van der Waals surface area contributed by atoms with Crippen LogP contribution in [0.2, 0.25) is 5.15 Å². The van der Waals surface area contributed by atoms with E-state index in [9.17, 15) is 9.90 Å². The Kier molecular flexibility index (Phi) is 8.55. The molecule has 0 saturated heterocycles. The highest BCUT2D eigenvalue weighted by atomic mass is 35.5. The average molecular weight is 737 g/mol. The van der Waals surface area contributed by atoms with Crippen molar-refractivity contribution in [1.82, 2.24) is 24.5 Å². The van der Waals surface area contributed by atoms with E-state index in [-0.39, 0.29) is 23.0 Å². The maximum Gasteiger partial charge on any atom is 0.308 e. The van der Waals surface area contributed by atoms with Crippen LogP contribution in [0.1, 0.15) is 47.3 Å². The summed E-state index contributed by atoms with van der Waals surface area (Å²) in [7, 11) is 0. The Bertz CT molecular complexity index is 2330. The van der Waals surface area contributed by atoms with Crippen molar-refractivity contribution in [3.05, 3.63) is 148 Å². The van der Waals surface area contributed by atoms with Crippen molar-refractivity contribution < 1.29 is 9.90 Å². The molecule has 3 saturated carbocycles. The number of hydrogen-bond donors (Lipinski definition) is 2. The number of aliphatic carboxylic acids is 1. The molecule has 2 unspecified atom stereocenters. The van der Waals surface area contributed by atoms with Crippen LogP contribution in [-0.4, -0.2) is 41.6 Å². The van der Waals surface area contributed by atoms with Crippen molar-refractivity contribution in [2.75, 3.05) is 5.32 Å². The smallest absolute Gasteiger partial charge is 0.308 e. The first-order chi connectivity index (χ1) is 25.9. The van der Waals surface area contributed by atoms with Crippen LogP contribution in [0.25, 0.3) is 33.1 Å². The van der Waals surface area contributed by atoms with E-state index >= 15 is 0 Å². The molecule has 2 atom stereocenters. The van der Waals surface area contributed by atoms with Crippen LogP contribution >= 0.6 is 22.9 Å². The van der Waals surface area contributed by atoms with Gasteiger partial charge in [-0.2, -0.15) is 0 Å². The Morgan fingerprint density at radius 2 is 1.43 bits per heavy atom. The van der Waals surface area contributed by atoms with Crippen LogP contribution in [0.4, 0.5) is 5.82 Å². The molecule has 0 amide bonds. The molecule has 2 N–H and O–H groups in total. The molecule has 0 spiro atoms. The Hall–Kier alpha value is -5.38. The highest BCUT2D eigenvalue weighted by Gasteiger charge is 2.47. The molecule has 4 aromatic heterocycles. The van der Waals surface area contributed by atoms with Gasteiger partial charge in [0.05, 0.1) is 28.2 Å². The summed E-state index contributed by atoms with van der Waals surface area (Å²) >= 11 is 8.29. The fourth-order valence-corrected chi connectivity index (χ4v) is 9.83. The van der Waals surface area contributed by atoms with Gasteiger partial charge in [0.1, 0.15) is 22.0 Å². The SMILES string of the molecule is Cc1ccc(-c2cc(NC3C4CCC(CC4)C3C(=O)O)nc(-c3cn(C(c4ccccc4)(c4ccccc4)c4ccccc4)c4ncc(Cl)nc34)n2)s1. The molecule has 53 heavy (non-hydrogen) atoms. The summed E-state index contributed by atoms with van der Waals surface area (Å²) in [6.45, 7) is 2.08. The van der Waals surface area contributed by atoms with Gasteiger partial charge in [-0.1, -0.05) is 103 Å². The zero-order valence-corrected chi connectivity index (χ0v) is 30.6. The molecule has 7 aromatic rings. The van der Waals surface area contributed by atoms with Crippen LogP contribution in [0, 0.1) is 24.7 Å². The number of anilines is 1. The van der Waals surface area contributed by atoms with E-state index in [1.165, 1.54) is 0 Å². The molecule has 8 nitrogen and oxygen atoms in total. The Balaban J connectivity index is 1.30. The lowest BCUT2D eigenvalue weighted by Gasteiger charge is -2.47. The number of carboxylic acids is 1. The van der Waals surface area contributed by atoms with Crippen molar-refractivity contribution in [1.29, 1.82) is 0 Å². The first kappa shape index (κ1) is 33.5. The minimum absolute atomic E-state index is 0.160. The minimum atomic E-state index is -0.873. The van der Waals surface area contributed by atoms with Crippen LogP contribution < -0.4 is 5.32 Å². The summed E-state index contributed by atoms with van der Waals surface area (Å²) in [6, 6.07) is 37.2. The number of nitrogens with one attached hydrogen (secondary N) is 1. The number of aromatic nitrogens is 5. The van der Waals surface area contributed by atoms with Gasteiger partial charge in [0.2, 0.25) is 0 Å². The quantitative estimate of drug-likeness (QED) is 0.142. The number of thiophene rings is 1. The summed E-state index contributed by atoms with van der Waals surface area (Å²) in [4.78, 5) is 35.0. The zero-order valence-electron chi connectivity index (χ0n) is 29.1. The van der Waals surface area contributed by atoms with E-state index in [1.54, 1.807) is 17.5 Å². The fourth-order valence-electron chi connectivity index (χ4n) is 8.87. The summed E-state index contributed by atoms with van der Waals surface area (Å²) in [5.74, 6) is 0.258. The first-order valence-electron chi connectivity index (χ1n) is 18.1. The van der Waals surface area contributed by atoms with E-state index in [0.29, 0.717) is 28.4 Å². The molecule has 10 rings (SSSR count). The van der Waals surface area contributed by atoms with Crippen LogP contribution in [0.5, 0.6) is 0 Å². The van der Waals surface area contributed by atoms with E-state index in [2.05, 4.69) is 108 Å². The van der Waals surface area contributed by atoms with E-state index in [4.69, 9.17) is 31.5 Å². The molecule has 0 radical (unpaired) electrons. The van der Waals surface area contributed by atoms with Crippen molar-refractivity contribution >= 4 is 45.9 Å². The predicted octanol–water partition coefficient (Wildman–Crippen LogP) is 9.72. The number of aryl methyl sites for hydroxylation is 1. The van der Waals surface area contributed by atoms with Crippen LogP contribution in [0.3, 0.4) is 0 Å². The molecule has 0 aliphatic heterocycles. The summed E-state index contributed by atoms with van der Waals surface area (Å²) < 4.78 is 2.18. The average Bonchev–Trinajstić information content (AvgIpc) is 3.80.